The zero-order valence-corrected chi connectivity index (χ0v) is 11.3. The predicted molar refractivity (Wildman–Crippen MR) is 72.4 cm³/mol. The average molecular weight is 302 g/mol. The van der Waals surface area contributed by atoms with E-state index in [1.54, 1.807) is 5.56 Å². The van der Waals surface area contributed by atoms with Gasteiger partial charge in [-0.15, -0.1) is 0 Å². The number of benzene rings is 1. The van der Waals surface area contributed by atoms with Crippen LogP contribution in [0.2, 0.25) is 0 Å². The summed E-state index contributed by atoms with van der Waals surface area (Å²) in [5, 5.41) is 14.1. The van der Waals surface area contributed by atoms with Crippen LogP contribution in [-0.2, 0) is 10.2 Å². The molecule has 0 radical (unpaired) electrons. The molecule has 0 atom stereocenters. The van der Waals surface area contributed by atoms with E-state index in [1.807, 2.05) is 0 Å². The van der Waals surface area contributed by atoms with Crippen molar-refractivity contribution in [2.24, 2.45) is 0 Å². The zero-order chi connectivity index (χ0) is 15.5. The molecule has 1 fully saturated rings. The Balaban J connectivity index is 0.000000199. The molecule has 1 aromatic carbocycles. The van der Waals surface area contributed by atoms with E-state index in [0.29, 0.717) is 5.41 Å². The molecule has 1 saturated heterocycles. The van der Waals surface area contributed by atoms with Crippen LogP contribution in [0, 0.1) is 0 Å². The van der Waals surface area contributed by atoms with Gasteiger partial charge in [-0.05, 0) is 37.6 Å². The molecule has 2 aliphatic heterocycles. The number of hydrogen-bond donors (Lipinski definition) is 3. The molecule has 1 aromatic rings. The number of halogens is 3. The van der Waals surface area contributed by atoms with Gasteiger partial charge in [0.15, 0.2) is 0 Å². The number of para-hydroxylation sites is 1. The van der Waals surface area contributed by atoms with Crippen molar-refractivity contribution in [3.63, 3.8) is 0 Å². The Morgan fingerprint density at radius 1 is 1.19 bits per heavy atom. The number of piperidine rings is 1. The smallest absolute Gasteiger partial charge is 0.475 e. The van der Waals surface area contributed by atoms with Gasteiger partial charge >= 0.3 is 12.1 Å². The number of carbonyl (C=O) groups is 1. The maximum Gasteiger partial charge on any atom is 0.490 e. The molecule has 1 spiro atoms. The molecule has 0 saturated carbocycles. The molecule has 0 aromatic heterocycles. The fraction of sp³-hybridized carbons (Fsp3) is 0.500. The summed E-state index contributed by atoms with van der Waals surface area (Å²) < 4.78 is 31.7. The van der Waals surface area contributed by atoms with Crippen LogP contribution in [0.1, 0.15) is 18.4 Å². The third-order valence-electron chi connectivity index (χ3n) is 3.92. The van der Waals surface area contributed by atoms with Crippen molar-refractivity contribution in [3.05, 3.63) is 29.8 Å². The fourth-order valence-corrected chi connectivity index (χ4v) is 2.81. The third-order valence-corrected chi connectivity index (χ3v) is 3.92. The van der Waals surface area contributed by atoms with E-state index >= 15 is 0 Å². The summed E-state index contributed by atoms with van der Waals surface area (Å²) in [5.74, 6) is -2.76. The van der Waals surface area contributed by atoms with Crippen molar-refractivity contribution in [2.45, 2.75) is 24.4 Å². The summed E-state index contributed by atoms with van der Waals surface area (Å²) in [6, 6.07) is 8.77. The highest BCUT2D eigenvalue weighted by Gasteiger charge is 2.39. The number of carboxylic acids is 1. The fourth-order valence-electron chi connectivity index (χ4n) is 2.81. The predicted octanol–water partition coefficient (Wildman–Crippen LogP) is 2.37. The minimum Gasteiger partial charge on any atom is -0.475 e. The number of anilines is 1. The first-order chi connectivity index (χ1) is 9.85. The largest absolute Gasteiger partial charge is 0.490 e. The van der Waals surface area contributed by atoms with Gasteiger partial charge < -0.3 is 15.7 Å². The van der Waals surface area contributed by atoms with Gasteiger partial charge in [0.2, 0.25) is 0 Å². The number of rotatable bonds is 0. The molecule has 7 heteroatoms. The van der Waals surface area contributed by atoms with Crippen LogP contribution in [0.15, 0.2) is 24.3 Å². The van der Waals surface area contributed by atoms with E-state index in [2.05, 4.69) is 34.9 Å². The first-order valence-corrected chi connectivity index (χ1v) is 6.69. The van der Waals surface area contributed by atoms with Crippen molar-refractivity contribution in [1.29, 1.82) is 0 Å². The summed E-state index contributed by atoms with van der Waals surface area (Å²) in [4.78, 5) is 8.90. The number of fused-ring (bicyclic) bond motifs is 2. The number of hydrogen-bond acceptors (Lipinski definition) is 3. The zero-order valence-electron chi connectivity index (χ0n) is 11.3. The molecule has 0 bridgehead atoms. The average Bonchev–Trinajstić information content (AvgIpc) is 2.79. The number of alkyl halides is 3. The Morgan fingerprint density at radius 3 is 2.33 bits per heavy atom. The summed E-state index contributed by atoms with van der Waals surface area (Å²) >= 11 is 0. The topological polar surface area (TPSA) is 61.4 Å². The molecule has 2 aliphatic rings. The van der Waals surface area contributed by atoms with Crippen molar-refractivity contribution >= 4 is 11.7 Å². The summed E-state index contributed by atoms with van der Waals surface area (Å²) in [5.41, 5.74) is 3.33. The van der Waals surface area contributed by atoms with Crippen LogP contribution < -0.4 is 10.6 Å². The molecule has 4 nitrogen and oxygen atoms in total. The first kappa shape index (κ1) is 15.6. The first-order valence-electron chi connectivity index (χ1n) is 6.69. The van der Waals surface area contributed by atoms with E-state index < -0.39 is 12.1 Å². The molecule has 116 valence electrons. The van der Waals surface area contributed by atoms with Gasteiger partial charge in [-0.1, -0.05) is 18.2 Å². The molecule has 0 amide bonds. The quantitative estimate of drug-likeness (QED) is 0.688. The second-order valence-electron chi connectivity index (χ2n) is 5.23. The Labute approximate surface area is 120 Å². The number of nitrogens with one attached hydrogen (secondary N) is 2. The van der Waals surface area contributed by atoms with E-state index in [1.165, 1.54) is 18.5 Å². The SMILES string of the molecule is O=C(O)C(F)(F)F.c1ccc2c(c1)NCC21CCNCC1. The van der Waals surface area contributed by atoms with Crippen LogP contribution in [0.3, 0.4) is 0 Å². The Morgan fingerprint density at radius 2 is 1.76 bits per heavy atom. The van der Waals surface area contributed by atoms with E-state index in [9.17, 15) is 13.2 Å². The minimum atomic E-state index is -5.08. The van der Waals surface area contributed by atoms with Crippen LogP contribution in [0.4, 0.5) is 18.9 Å². The van der Waals surface area contributed by atoms with E-state index in [4.69, 9.17) is 9.90 Å². The third kappa shape index (κ3) is 3.47. The number of carboxylic acid groups (broad SMARTS) is 1. The standard InChI is InChI=1S/C12H16N2.C2HF3O2/c1-2-4-11-10(3-1)12(9-14-11)5-7-13-8-6-12;3-2(4,5)1(6)7/h1-4,13-14H,5-9H2;(H,6,7). The highest BCUT2D eigenvalue weighted by atomic mass is 19.4. The molecule has 3 N–H and O–H groups in total. The van der Waals surface area contributed by atoms with Crippen molar-refractivity contribution in [3.8, 4) is 0 Å². The maximum absolute atomic E-state index is 10.6. The molecular formula is C14H17F3N2O2. The van der Waals surface area contributed by atoms with Gasteiger partial charge in [0.1, 0.15) is 0 Å². The molecule has 21 heavy (non-hydrogen) atoms. The highest BCUT2D eigenvalue weighted by molar-refractivity contribution is 5.73. The second kappa shape index (κ2) is 5.93. The Kier molecular flexibility index (Phi) is 4.41. The van der Waals surface area contributed by atoms with Crippen molar-refractivity contribution in [1.82, 2.24) is 5.32 Å². The molecule has 0 unspecified atom stereocenters. The van der Waals surface area contributed by atoms with Crippen LogP contribution in [-0.4, -0.2) is 36.9 Å². The Hall–Kier alpha value is -1.76. The lowest BCUT2D eigenvalue weighted by Gasteiger charge is -2.33. The molecule has 0 aliphatic carbocycles. The lowest BCUT2D eigenvalue weighted by atomic mass is 9.75. The van der Waals surface area contributed by atoms with Gasteiger partial charge in [0.25, 0.3) is 0 Å². The monoisotopic (exact) mass is 302 g/mol. The van der Waals surface area contributed by atoms with Gasteiger partial charge in [0.05, 0.1) is 0 Å². The van der Waals surface area contributed by atoms with Gasteiger partial charge in [-0.3, -0.25) is 0 Å². The second-order valence-corrected chi connectivity index (χ2v) is 5.23. The van der Waals surface area contributed by atoms with E-state index in [0.717, 1.165) is 19.6 Å². The minimum absolute atomic E-state index is 0.432. The van der Waals surface area contributed by atoms with Crippen molar-refractivity contribution < 1.29 is 23.1 Å². The van der Waals surface area contributed by atoms with Gasteiger partial charge in [-0.2, -0.15) is 13.2 Å². The van der Waals surface area contributed by atoms with Crippen molar-refractivity contribution in [2.75, 3.05) is 25.0 Å². The Bertz CT molecular complexity index is 506. The summed E-state index contributed by atoms with van der Waals surface area (Å²) in [6.07, 6.45) is -2.53. The number of aliphatic carboxylic acids is 1. The molecule has 3 rings (SSSR count). The summed E-state index contributed by atoms with van der Waals surface area (Å²) in [6.45, 7) is 3.46. The maximum atomic E-state index is 10.6. The van der Waals surface area contributed by atoms with Gasteiger partial charge in [-0.25, -0.2) is 4.79 Å². The lowest BCUT2D eigenvalue weighted by molar-refractivity contribution is -0.192. The molecular weight excluding hydrogens is 285 g/mol. The normalized spacial score (nSPS) is 19.2. The highest BCUT2D eigenvalue weighted by Crippen LogP contribution is 2.42. The van der Waals surface area contributed by atoms with Crippen LogP contribution >= 0.6 is 0 Å². The van der Waals surface area contributed by atoms with Crippen LogP contribution in [0.5, 0.6) is 0 Å². The van der Waals surface area contributed by atoms with Crippen LogP contribution in [0.25, 0.3) is 0 Å². The lowest BCUT2D eigenvalue weighted by Crippen LogP contribution is -2.41. The van der Waals surface area contributed by atoms with E-state index in [-0.39, 0.29) is 0 Å². The molecule has 2 heterocycles. The van der Waals surface area contributed by atoms with Gasteiger partial charge in [0, 0.05) is 17.6 Å². The summed E-state index contributed by atoms with van der Waals surface area (Å²) in [7, 11) is 0.